The van der Waals surface area contributed by atoms with Gasteiger partial charge in [0.25, 0.3) is 5.91 Å². The largest absolute Gasteiger partial charge is 0.495 e. The molecule has 8 nitrogen and oxygen atoms in total. The summed E-state index contributed by atoms with van der Waals surface area (Å²) in [7, 11) is -2.42. The Morgan fingerprint density at radius 2 is 1.79 bits per heavy atom. The Hall–Kier alpha value is -2.91. The van der Waals surface area contributed by atoms with Crippen LogP contribution in [0.2, 0.25) is 0 Å². The van der Waals surface area contributed by atoms with E-state index < -0.39 is 34.5 Å². The van der Waals surface area contributed by atoms with Crippen molar-refractivity contribution in [2.75, 3.05) is 19.0 Å². The van der Waals surface area contributed by atoms with E-state index in [1.165, 1.54) is 20.1 Å². The topological polar surface area (TPSA) is 111 Å². The summed E-state index contributed by atoms with van der Waals surface area (Å²) >= 11 is 0. The third kappa shape index (κ3) is 6.03. The maximum absolute atomic E-state index is 12.4. The van der Waals surface area contributed by atoms with Crippen LogP contribution in [0.3, 0.4) is 0 Å². The molecule has 1 atom stereocenters. The highest BCUT2D eigenvalue weighted by atomic mass is 32.2. The summed E-state index contributed by atoms with van der Waals surface area (Å²) in [5, 5.41) is 2.60. The maximum atomic E-state index is 12.4. The van der Waals surface area contributed by atoms with Crippen LogP contribution in [0.4, 0.5) is 5.69 Å². The van der Waals surface area contributed by atoms with Gasteiger partial charge in [0.1, 0.15) is 12.3 Å². The van der Waals surface area contributed by atoms with Crippen LogP contribution in [0.25, 0.3) is 0 Å². The SMILES string of the molecule is COc1ccccc1NC(=O)[C@@H](C)OC(=O)CNS(=O)(=O)c1cc(C)ccc1C. The molecule has 2 N–H and O–H groups in total. The van der Waals surface area contributed by atoms with E-state index in [1.54, 1.807) is 50.2 Å². The van der Waals surface area contributed by atoms with E-state index in [0.29, 0.717) is 17.0 Å². The van der Waals surface area contributed by atoms with Crippen molar-refractivity contribution in [1.82, 2.24) is 4.72 Å². The lowest BCUT2D eigenvalue weighted by Gasteiger charge is -2.15. The predicted octanol–water partition coefficient (Wildman–Crippen LogP) is 2.16. The molecule has 156 valence electrons. The minimum Gasteiger partial charge on any atom is -0.495 e. The first kappa shape index (κ1) is 22.4. The van der Waals surface area contributed by atoms with E-state index in [1.807, 2.05) is 0 Å². The number of hydrogen-bond donors (Lipinski definition) is 2. The third-order valence-electron chi connectivity index (χ3n) is 4.08. The van der Waals surface area contributed by atoms with Crippen molar-refractivity contribution in [1.29, 1.82) is 0 Å². The number of methoxy groups -OCH3 is 1. The zero-order chi connectivity index (χ0) is 21.6. The standard InChI is InChI=1S/C20H24N2O6S/c1-13-9-10-14(2)18(11-13)29(25,26)21-12-19(23)28-15(3)20(24)22-16-7-5-6-8-17(16)27-4/h5-11,15,21H,12H2,1-4H3,(H,22,24)/t15-/m1/s1. The van der Waals surface area contributed by atoms with Gasteiger partial charge in [0.2, 0.25) is 10.0 Å². The number of anilines is 1. The van der Waals surface area contributed by atoms with Crippen LogP contribution < -0.4 is 14.8 Å². The lowest BCUT2D eigenvalue weighted by Crippen LogP contribution is -2.36. The number of hydrogen-bond acceptors (Lipinski definition) is 6. The summed E-state index contributed by atoms with van der Waals surface area (Å²) < 4.78 is 37.2. The summed E-state index contributed by atoms with van der Waals surface area (Å²) in [5.41, 5.74) is 1.76. The van der Waals surface area contributed by atoms with Gasteiger partial charge in [-0.25, -0.2) is 8.42 Å². The number of amides is 1. The van der Waals surface area contributed by atoms with Crippen LogP contribution in [0.1, 0.15) is 18.1 Å². The van der Waals surface area contributed by atoms with Crippen molar-refractivity contribution in [3.05, 3.63) is 53.6 Å². The maximum Gasteiger partial charge on any atom is 0.321 e. The van der Waals surface area contributed by atoms with Crippen molar-refractivity contribution in [3.8, 4) is 5.75 Å². The lowest BCUT2D eigenvalue weighted by molar-refractivity contribution is -0.151. The van der Waals surface area contributed by atoms with Gasteiger partial charge in [-0.3, -0.25) is 9.59 Å². The Bertz CT molecular complexity index is 1000. The van der Waals surface area contributed by atoms with Gasteiger partial charge in [-0.1, -0.05) is 24.3 Å². The number of esters is 1. The normalized spacial score (nSPS) is 12.1. The molecule has 0 aromatic heterocycles. The second-order valence-electron chi connectivity index (χ2n) is 6.42. The number of carbonyl (C=O) groups is 2. The molecule has 0 fully saturated rings. The number of ether oxygens (including phenoxy) is 2. The summed E-state index contributed by atoms with van der Waals surface area (Å²) in [6.45, 7) is 4.23. The fourth-order valence-electron chi connectivity index (χ4n) is 2.50. The molecule has 2 aromatic rings. The molecule has 0 aliphatic carbocycles. The molecule has 0 unspecified atom stereocenters. The second-order valence-corrected chi connectivity index (χ2v) is 8.15. The lowest BCUT2D eigenvalue weighted by atomic mass is 10.2. The molecule has 0 aliphatic rings. The van der Waals surface area contributed by atoms with Crippen LogP contribution >= 0.6 is 0 Å². The van der Waals surface area contributed by atoms with Crippen LogP contribution in [0, 0.1) is 13.8 Å². The Kier molecular flexibility index (Phi) is 7.35. The van der Waals surface area contributed by atoms with Gasteiger partial charge >= 0.3 is 5.97 Å². The Morgan fingerprint density at radius 3 is 2.48 bits per heavy atom. The van der Waals surface area contributed by atoms with Gasteiger partial charge in [0.05, 0.1) is 17.7 Å². The zero-order valence-corrected chi connectivity index (χ0v) is 17.5. The molecule has 29 heavy (non-hydrogen) atoms. The first-order valence-corrected chi connectivity index (χ1v) is 10.3. The van der Waals surface area contributed by atoms with E-state index in [0.717, 1.165) is 5.56 Å². The Morgan fingerprint density at radius 1 is 1.10 bits per heavy atom. The molecule has 1 amide bonds. The molecule has 0 saturated heterocycles. The van der Waals surface area contributed by atoms with Gasteiger partial charge in [-0.2, -0.15) is 4.72 Å². The molecular formula is C20H24N2O6S. The first-order valence-electron chi connectivity index (χ1n) is 8.84. The van der Waals surface area contributed by atoms with Crippen molar-refractivity contribution in [2.45, 2.75) is 31.8 Å². The highest BCUT2D eigenvalue weighted by Crippen LogP contribution is 2.23. The van der Waals surface area contributed by atoms with Gasteiger partial charge < -0.3 is 14.8 Å². The van der Waals surface area contributed by atoms with E-state index in [-0.39, 0.29) is 4.90 Å². The number of carbonyl (C=O) groups excluding carboxylic acids is 2. The highest BCUT2D eigenvalue weighted by molar-refractivity contribution is 7.89. The number of sulfonamides is 1. The number of nitrogens with one attached hydrogen (secondary N) is 2. The molecule has 0 radical (unpaired) electrons. The summed E-state index contributed by atoms with van der Waals surface area (Å²) in [6, 6.07) is 11.8. The molecule has 0 bridgehead atoms. The van der Waals surface area contributed by atoms with E-state index in [2.05, 4.69) is 10.0 Å². The fourth-order valence-corrected chi connectivity index (χ4v) is 3.80. The summed E-state index contributed by atoms with van der Waals surface area (Å²) in [4.78, 5) is 24.3. The van der Waals surface area contributed by atoms with Crippen LogP contribution in [0.5, 0.6) is 5.75 Å². The molecule has 2 rings (SSSR count). The van der Waals surface area contributed by atoms with E-state index in [9.17, 15) is 18.0 Å². The molecule has 0 saturated carbocycles. The molecular weight excluding hydrogens is 396 g/mol. The quantitative estimate of drug-likeness (QED) is 0.633. The second kappa shape index (κ2) is 9.53. The number of benzene rings is 2. The third-order valence-corrected chi connectivity index (χ3v) is 5.63. The zero-order valence-electron chi connectivity index (χ0n) is 16.7. The smallest absolute Gasteiger partial charge is 0.321 e. The van der Waals surface area contributed by atoms with Gasteiger partial charge in [0, 0.05) is 0 Å². The van der Waals surface area contributed by atoms with E-state index >= 15 is 0 Å². The average molecular weight is 420 g/mol. The van der Waals surface area contributed by atoms with E-state index in [4.69, 9.17) is 9.47 Å². The van der Waals surface area contributed by atoms with Crippen LogP contribution in [0.15, 0.2) is 47.4 Å². The predicted molar refractivity (Wildman–Crippen MR) is 108 cm³/mol. The Balaban J connectivity index is 1.94. The minimum absolute atomic E-state index is 0.0901. The monoisotopic (exact) mass is 420 g/mol. The van der Waals surface area contributed by atoms with Crippen LogP contribution in [-0.4, -0.2) is 40.1 Å². The minimum atomic E-state index is -3.89. The van der Waals surface area contributed by atoms with Crippen molar-refractivity contribution in [2.24, 2.45) is 0 Å². The summed E-state index contributed by atoms with van der Waals surface area (Å²) in [5.74, 6) is -0.984. The summed E-state index contributed by atoms with van der Waals surface area (Å²) in [6.07, 6.45) is -1.13. The molecule has 2 aromatic carbocycles. The average Bonchev–Trinajstić information content (AvgIpc) is 2.68. The van der Waals surface area contributed by atoms with Crippen molar-refractivity contribution >= 4 is 27.6 Å². The van der Waals surface area contributed by atoms with Crippen molar-refractivity contribution in [3.63, 3.8) is 0 Å². The van der Waals surface area contributed by atoms with Gasteiger partial charge in [0.15, 0.2) is 6.10 Å². The Labute approximate surface area is 170 Å². The molecule has 0 aliphatic heterocycles. The van der Waals surface area contributed by atoms with Crippen molar-refractivity contribution < 1.29 is 27.5 Å². The molecule has 0 spiro atoms. The first-order chi connectivity index (χ1) is 13.6. The fraction of sp³-hybridized carbons (Fsp3) is 0.300. The number of rotatable bonds is 8. The molecule has 0 heterocycles. The van der Waals surface area contributed by atoms with Gasteiger partial charge in [-0.15, -0.1) is 0 Å². The van der Waals surface area contributed by atoms with Crippen LogP contribution in [-0.2, 0) is 24.3 Å². The van der Waals surface area contributed by atoms with Gasteiger partial charge in [-0.05, 0) is 50.1 Å². The number of para-hydroxylation sites is 2. The molecule has 9 heteroatoms. The number of aryl methyl sites for hydroxylation is 2. The highest BCUT2D eigenvalue weighted by Gasteiger charge is 2.22.